The molecule has 30 heavy (non-hydrogen) atoms. The Hall–Kier alpha value is -1.69. The second-order valence-electron chi connectivity index (χ2n) is 5.93. The Bertz CT molecular complexity index is 861. The summed E-state index contributed by atoms with van der Waals surface area (Å²) in [6.45, 7) is 2.31. The van der Waals surface area contributed by atoms with E-state index in [0.29, 0.717) is 6.42 Å². The van der Waals surface area contributed by atoms with Crippen LogP contribution in [0, 0.1) is 71.7 Å². The third-order valence-corrected chi connectivity index (χ3v) is 4.34. The third-order valence-electron chi connectivity index (χ3n) is 3.53. The molecule has 0 aromatic rings. The molecule has 0 aliphatic rings. The summed E-state index contributed by atoms with van der Waals surface area (Å²) in [5, 5.41) is 0. The largest absolute Gasteiger partial charge is 1.00 e. The smallest absolute Gasteiger partial charge is 0.746 e. The van der Waals surface area contributed by atoms with Gasteiger partial charge in [-0.2, -0.15) is 0 Å². The molecular weight excluding hydrogens is 406 g/mol. The molecule has 0 N–H and O–H groups in total. The molecule has 6 heteroatoms. The first-order valence-corrected chi connectivity index (χ1v) is 11.2. The van der Waals surface area contributed by atoms with Crippen LogP contribution in [0.2, 0.25) is 0 Å². The Balaban J connectivity index is 0. The van der Waals surface area contributed by atoms with Gasteiger partial charge in [0.05, 0.1) is 6.61 Å². The Morgan fingerprint density at radius 1 is 0.733 bits per heavy atom. The van der Waals surface area contributed by atoms with Crippen LogP contribution in [0.15, 0.2) is 0 Å². The van der Waals surface area contributed by atoms with E-state index >= 15 is 0 Å². The van der Waals surface area contributed by atoms with Crippen LogP contribution in [0.1, 0.15) is 71.1 Å². The van der Waals surface area contributed by atoms with Crippen molar-refractivity contribution in [2.75, 3.05) is 6.61 Å². The average molecular weight is 432 g/mol. The minimum atomic E-state index is -4.43. The number of phosphoric ester groups is 1. The van der Waals surface area contributed by atoms with E-state index in [9.17, 15) is 9.46 Å². The molecule has 0 rings (SSSR count). The van der Waals surface area contributed by atoms with Crippen LogP contribution in [0.5, 0.6) is 0 Å². The van der Waals surface area contributed by atoms with E-state index in [-0.39, 0.29) is 36.2 Å². The van der Waals surface area contributed by atoms with Crippen molar-refractivity contribution in [3.63, 3.8) is 0 Å². The molecule has 0 aliphatic heterocycles. The second-order valence-corrected chi connectivity index (χ2v) is 7.26. The van der Waals surface area contributed by atoms with Crippen LogP contribution in [0.4, 0.5) is 0 Å². The van der Waals surface area contributed by atoms with Crippen molar-refractivity contribution < 1.29 is 48.1 Å². The summed E-state index contributed by atoms with van der Waals surface area (Å²) < 4.78 is 20.7. The topological polar surface area (TPSA) is 58.6 Å². The van der Waals surface area contributed by atoms with E-state index in [1.165, 1.54) is 44.9 Å². The molecule has 1 atom stereocenters. The molecule has 0 aliphatic carbocycles. The molecular formula is C24H26NaO4P. The molecule has 0 aromatic heterocycles. The first kappa shape index (κ1) is 30.5. The Kier molecular flexibility index (Phi) is 24.0. The van der Waals surface area contributed by atoms with Gasteiger partial charge in [0.2, 0.25) is 0 Å². The van der Waals surface area contributed by atoms with E-state index in [1.807, 2.05) is 6.11 Å². The summed E-state index contributed by atoms with van der Waals surface area (Å²) in [5.41, 5.74) is 0. The number of unbranched alkanes of at least 4 members (excludes halogenated alkanes) is 9. The molecule has 0 aromatic carbocycles. The zero-order valence-electron chi connectivity index (χ0n) is 17.9. The number of hydrogen-bond donors (Lipinski definition) is 0. The molecule has 0 radical (unpaired) electrons. The van der Waals surface area contributed by atoms with E-state index < -0.39 is 7.82 Å². The number of hydrogen-bond acceptors (Lipinski definition) is 4. The molecule has 0 bridgehead atoms. The van der Waals surface area contributed by atoms with E-state index in [1.54, 1.807) is 0 Å². The molecule has 4 nitrogen and oxygen atoms in total. The standard InChI is InChI=1S/C24H27O4P.Na/c1-3-5-7-9-11-13-15-17-19-21-23-27-29(25,26)28-24-22-20-18-16-14-12-10-8-6-4-2;/h1H,4,6,8,10,12,14,16,18,20,22,24H2,2H3,(H,25,26);/q;+1/p-1. The fourth-order valence-corrected chi connectivity index (χ4v) is 2.71. The van der Waals surface area contributed by atoms with Crippen molar-refractivity contribution in [1.29, 1.82) is 0 Å². The van der Waals surface area contributed by atoms with Gasteiger partial charge < -0.3 is 13.9 Å². The molecule has 0 heterocycles. The summed E-state index contributed by atoms with van der Waals surface area (Å²) >= 11 is 0. The number of terminal acetylenes is 1. The Morgan fingerprint density at radius 2 is 1.17 bits per heavy atom. The third kappa shape index (κ3) is 24.3. The van der Waals surface area contributed by atoms with Gasteiger partial charge in [0.15, 0.2) is 0 Å². The van der Waals surface area contributed by atoms with Crippen molar-refractivity contribution in [2.45, 2.75) is 71.1 Å². The predicted molar refractivity (Wildman–Crippen MR) is 114 cm³/mol. The van der Waals surface area contributed by atoms with Gasteiger partial charge in [0, 0.05) is 29.6 Å². The molecule has 0 fully saturated rings. The fourth-order valence-electron chi connectivity index (χ4n) is 2.15. The van der Waals surface area contributed by atoms with Crippen LogP contribution in [-0.2, 0) is 13.6 Å². The summed E-state index contributed by atoms with van der Waals surface area (Å²) in [6, 6.07) is 0. The minimum Gasteiger partial charge on any atom is -0.746 e. The van der Waals surface area contributed by atoms with E-state index in [2.05, 4.69) is 70.7 Å². The van der Waals surface area contributed by atoms with Crippen molar-refractivity contribution in [1.82, 2.24) is 0 Å². The van der Waals surface area contributed by atoms with Gasteiger partial charge in [-0.25, -0.2) is 0 Å². The number of rotatable bonds is 13. The zero-order chi connectivity index (χ0) is 21.5. The summed E-state index contributed by atoms with van der Waals surface area (Å²) in [5.74, 6) is 23.3. The van der Waals surface area contributed by atoms with Crippen LogP contribution >= 0.6 is 7.82 Å². The van der Waals surface area contributed by atoms with Crippen molar-refractivity contribution in [3.05, 3.63) is 0 Å². The molecule has 0 saturated heterocycles. The zero-order valence-corrected chi connectivity index (χ0v) is 20.8. The van der Waals surface area contributed by atoms with Gasteiger partial charge in [-0.3, -0.25) is 4.57 Å². The second kappa shape index (κ2) is 23.6. The number of phosphoric acid groups is 1. The van der Waals surface area contributed by atoms with E-state index in [0.717, 1.165) is 12.8 Å². The molecule has 0 amide bonds. The molecule has 152 valence electrons. The van der Waals surface area contributed by atoms with Crippen molar-refractivity contribution in [2.24, 2.45) is 0 Å². The van der Waals surface area contributed by atoms with Gasteiger partial charge in [-0.1, -0.05) is 64.7 Å². The van der Waals surface area contributed by atoms with Crippen molar-refractivity contribution >= 4 is 7.82 Å². The summed E-state index contributed by atoms with van der Waals surface area (Å²) in [7, 11) is -4.43. The maximum Gasteiger partial charge on any atom is 1.00 e. The van der Waals surface area contributed by atoms with Gasteiger partial charge >= 0.3 is 37.4 Å². The summed E-state index contributed by atoms with van der Waals surface area (Å²) in [4.78, 5) is 11.5. The van der Waals surface area contributed by atoms with Crippen molar-refractivity contribution in [3.8, 4) is 71.7 Å². The molecule has 1 unspecified atom stereocenters. The normalized spacial score (nSPS) is 10.0. The maximum atomic E-state index is 11.5. The Morgan fingerprint density at radius 3 is 1.67 bits per heavy atom. The molecule has 0 spiro atoms. The van der Waals surface area contributed by atoms with Crippen LogP contribution in [-0.4, -0.2) is 6.61 Å². The summed E-state index contributed by atoms with van der Waals surface area (Å²) in [6.07, 6.45) is 18.5. The molecule has 0 saturated carbocycles. The maximum absolute atomic E-state index is 11.5. The van der Waals surface area contributed by atoms with Crippen LogP contribution in [0.3, 0.4) is 0 Å². The van der Waals surface area contributed by atoms with Gasteiger partial charge in [-0.05, 0) is 36.0 Å². The predicted octanol–water partition coefficient (Wildman–Crippen LogP) is 1.02. The first-order chi connectivity index (χ1) is 14.1. The van der Waals surface area contributed by atoms with Gasteiger partial charge in [0.1, 0.15) is 6.11 Å². The first-order valence-electron chi connectivity index (χ1n) is 9.72. The average Bonchev–Trinajstić information content (AvgIpc) is 2.70. The van der Waals surface area contributed by atoms with Crippen LogP contribution < -0.4 is 34.5 Å². The van der Waals surface area contributed by atoms with E-state index in [4.69, 9.17) is 10.9 Å². The van der Waals surface area contributed by atoms with Gasteiger partial charge in [0.25, 0.3) is 0 Å². The fraction of sp³-hybridized carbons (Fsp3) is 0.500. The quantitative estimate of drug-likeness (QED) is 0.189. The van der Waals surface area contributed by atoms with Crippen LogP contribution in [0.25, 0.3) is 0 Å². The minimum absolute atomic E-state index is 0. The Labute approximate surface area is 204 Å². The SMILES string of the molecule is C#CC#CC#CC#CC#CC#COP(=O)([O-])OCCCCCCCCCCCC.[Na+]. The van der Waals surface area contributed by atoms with Gasteiger partial charge in [-0.15, -0.1) is 6.42 Å². The monoisotopic (exact) mass is 432 g/mol.